The summed E-state index contributed by atoms with van der Waals surface area (Å²) < 4.78 is 1.71. The van der Waals surface area contributed by atoms with Gasteiger partial charge in [-0.2, -0.15) is 5.10 Å². The zero-order valence-electron chi connectivity index (χ0n) is 13.3. The van der Waals surface area contributed by atoms with Gasteiger partial charge in [-0.25, -0.2) is 0 Å². The highest BCUT2D eigenvalue weighted by molar-refractivity contribution is 5.93. The lowest BCUT2D eigenvalue weighted by Crippen LogP contribution is -2.39. The first-order chi connectivity index (χ1) is 10.6. The van der Waals surface area contributed by atoms with E-state index < -0.39 is 0 Å². The van der Waals surface area contributed by atoms with Gasteiger partial charge in [-0.05, 0) is 37.7 Å². The molecule has 22 heavy (non-hydrogen) atoms. The second kappa shape index (κ2) is 6.34. The summed E-state index contributed by atoms with van der Waals surface area (Å²) in [6.07, 6.45) is 5.17. The fourth-order valence-corrected chi connectivity index (χ4v) is 3.26. The number of hydrogen-bond acceptors (Lipinski definition) is 2. The van der Waals surface area contributed by atoms with Gasteiger partial charge in [0.1, 0.15) is 0 Å². The summed E-state index contributed by atoms with van der Waals surface area (Å²) in [6.45, 7) is 3.63. The van der Waals surface area contributed by atoms with E-state index in [2.05, 4.69) is 35.4 Å². The molecule has 1 aliphatic heterocycles. The average Bonchev–Trinajstić information content (AvgIpc) is 2.87. The molecule has 0 unspecified atom stereocenters. The third kappa shape index (κ3) is 3.21. The van der Waals surface area contributed by atoms with Crippen LogP contribution in [0.25, 0.3) is 0 Å². The molecule has 1 aromatic carbocycles. The van der Waals surface area contributed by atoms with E-state index in [4.69, 9.17) is 0 Å². The normalized spacial score (nSPS) is 16.0. The molecule has 0 bridgehead atoms. The molecule has 0 N–H and O–H groups in total. The van der Waals surface area contributed by atoms with Crippen molar-refractivity contribution in [1.82, 2.24) is 14.7 Å². The predicted molar refractivity (Wildman–Crippen MR) is 86.7 cm³/mol. The number of rotatable bonds is 3. The largest absolute Gasteiger partial charge is 0.337 e. The molecule has 1 amide bonds. The Bertz CT molecular complexity index is 640. The number of aromatic nitrogens is 2. The molecule has 2 heterocycles. The first kappa shape index (κ1) is 14.8. The van der Waals surface area contributed by atoms with Crippen molar-refractivity contribution in [3.63, 3.8) is 0 Å². The van der Waals surface area contributed by atoms with Gasteiger partial charge in [-0.15, -0.1) is 0 Å². The number of nitrogens with zero attached hydrogens (tertiary/aromatic N) is 3. The van der Waals surface area contributed by atoms with E-state index in [0.29, 0.717) is 11.6 Å². The first-order valence-corrected chi connectivity index (χ1v) is 7.97. The monoisotopic (exact) mass is 297 g/mol. The number of carbonyl (C=O) groups is 1. The van der Waals surface area contributed by atoms with Crippen LogP contribution in [0.3, 0.4) is 0 Å². The van der Waals surface area contributed by atoms with E-state index in [-0.39, 0.29) is 5.91 Å². The van der Waals surface area contributed by atoms with E-state index in [9.17, 15) is 4.79 Å². The SMILES string of the molecule is Cc1cn(C)nc1C(=O)N1CCC(Cc2ccccc2)CC1. The van der Waals surface area contributed by atoms with E-state index in [1.54, 1.807) is 4.68 Å². The fourth-order valence-electron chi connectivity index (χ4n) is 3.26. The topological polar surface area (TPSA) is 38.1 Å². The minimum atomic E-state index is 0.0799. The molecule has 1 fully saturated rings. The van der Waals surface area contributed by atoms with E-state index >= 15 is 0 Å². The Morgan fingerprint density at radius 3 is 2.50 bits per heavy atom. The molecule has 4 nitrogen and oxygen atoms in total. The summed E-state index contributed by atoms with van der Waals surface area (Å²) in [5.41, 5.74) is 2.95. The third-order valence-electron chi connectivity index (χ3n) is 4.48. The number of aryl methyl sites for hydroxylation is 2. The Labute approximate surface area is 131 Å². The van der Waals surface area contributed by atoms with Crippen LogP contribution < -0.4 is 0 Å². The number of hydrogen-bond donors (Lipinski definition) is 0. The molecule has 0 atom stereocenters. The number of benzene rings is 1. The molecule has 1 saturated heterocycles. The van der Waals surface area contributed by atoms with E-state index in [0.717, 1.165) is 37.9 Å². The molecule has 2 aromatic rings. The van der Waals surface area contributed by atoms with Crippen LogP contribution in [0.4, 0.5) is 0 Å². The van der Waals surface area contributed by atoms with Crippen molar-refractivity contribution in [2.45, 2.75) is 26.2 Å². The summed E-state index contributed by atoms with van der Waals surface area (Å²) in [5, 5.41) is 4.30. The Balaban J connectivity index is 1.57. The van der Waals surface area contributed by atoms with Crippen molar-refractivity contribution in [2.75, 3.05) is 13.1 Å². The van der Waals surface area contributed by atoms with E-state index in [1.807, 2.05) is 25.1 Å². The van der Waals surface area contributed by atoms with Crippen molar-refractivity contribution >= 4 is 5.91 Å². The third-order valence-corrected chi connectivity index (χ3v) is 4.48. The summed E-state index contributed by atoms with van der Waals surface area (Å²) in [4.78, 5) is 14.5. The van der Waals surface area contributed by atoms with Crippen molar-refractivity contribution in [2.24, 2.45) is 13.0 Å². The number of amides is 1. The van der Waals surface area contributed by atoms with Crippen LogP contribution in [0.15, 0.2) is 36.5 Å². The summed E-state index contributed by atoms with van der Waals surface area (Å²) >= 11 is 0. The molecule has 0 saturated carbocycles. The zero-order valence-corrected chi connectivity index (χ0v) is 13.3. The van der Waals surface area contributed by atoms with Crippen LogP contribution in [0.1, 0.15) is 34.5 Å². The molecule has 1 aromatic heterocycles. The lowest BCUT2D eigenvalue weighted by atomic mass is 9.90. The zero-order chi connectivity index (χ0) is 15.5. The molecule has 1 aliphatic rings. The van der Waals surface area contributed by atoms with Crippen LogP contribution in [-0.4, -0.2) is 33.7 Å². The van der Waals surface area contributed by atoms with Gasteiger partial charge in [0.2, 0.25) is 0 Å². The second-order valence-corrected chi connectivity index (χ2v) is 6.26. The predicted octanol–water partition coefficient (Wildman–Crippen LogP) is 2.82. The number of likely N-dealkylation sites (tertiary alicyclic amines) is 1. The summed E-state index contributed by atoms with van der Waals surface area (Å²) in [7, 11) is 1.86. The minimum Gasteiger partial charge on any atom is -0.337 e. The van der Waals surface area contributed by atoms with Crippen LogP contribution >= 0.6 is 0 Å². The van der Waals surface area contributed by atoms with Gasteiger partial charge in [-0.1, -0.05) is 30.3 Å². The van der Waals surface area contributed by atoms with Crippen LogP contribution in [0.2, 0.25) is 0 Å². The lowest BCUT2D eigenvalue weighted by Gasteiger charge is -2.31. The van der Waals surface area contributed by atoms with Gasteiger partial charge < -0.3 is 4.90 Å². The highest BCUT2D eigenvalue weighted by Crippen LogP contribution is 2.23. The van der Waals surface area contributed by atoms with Crippen molar-refractivity contribution < 1.29 is 4.79 Å². The highest BCUT2D eigenvalue weighted by atomic mass is 16.2. The van der Waals surface area contributed by atoms with Gasteiger partial charge >= 0.3 is 0 Å². The van der Waals surface area contributed by atoms with E-state index in [1.165, 1.54) is 5.56 Å². The van der Waals surface area contributed by atoms with Crippen LogP contribution in [0, 0.1) is 12.8 Å². The Morgan fingerprint density at radius 2 is 1.91 bits per heavy atom. The maximum absolute atomic E-state index is 12.5. The van der Waals surface area contributed by atoms with Gasteiger partial charge in [-0.3, -0.25) is 9.48 Å². The van der Waals surface area contributed by atoms with Gasteiger partial charge in [0, 0.05) is 31.9 Å². The maximum atomic E-state index is 12.5. The highest BCUT2D eigenvalue weighted by Gasteiger charge is 2.26. The minimum absolute atomic E-state index is 0.0799. The lowest BCUT2D eigenvalue weighted by molar-refractivity contribution is 0.0683. The second-order valence-electron chi connectivity index (χ2n) is 6.26. The van der Waals surface area contributed by atoms with Crippen LogP contribution in [0.5, 0.6) is 0 Å². The average molecular weight is 297 g/mol. The van der Waals surface area contributed by atoms with Gasteiger partial charge in [0.25, 0.3) is 5.91 Å². The molecule has 0 radical (unpaired) electrons. The first-order valence-electron chi connectivity index (χ1n) is 7.97. The number of piperidine rings is 1. The fraction of sp³-hybridized carbons (Fsp3) is 0.444. The number of carbonyl (C=O) groups excluding carboxylic acids is 1. The molecular weight excluding hydrogens is 274 g/mol. The van der Waals surface area contributed by atoms with Crippen LogP contribution in [-0.2, 0) is 13.5 Å². The van der Waals surface area contributed by atoms with Gasteiger partial charge in [0.05, 0.1) is 0 Å². The molecule has 3 rings (SSSR count). The standard InChI is InChI=1S/C18H23N3O/c1-14-13-20(2)19-17(14)18(22)21-10-8-16(9-11-21)12-15-6-4-3-5-7-15/h3-7,13,16H,8-12H2,1-2H3. The summed E-state index contributed by atoms with van der Waals surface area (Å²) in [6, 6.07) is 10.6. The Morgan fingerprint density at radius 1 is 1.23 bits per heavy atom. The smallest absolute Gasteiger partial charge is 0.274 e. The maximum Gasteiger partial charge on any atom is 0.274 e. The van der Waals surface area contributed by atoms with Crippen molar-refractivity contribution in [3.05, 3.63) is 53.3 Å². The quantitative estimate of drug-likeness (QED) is 0.873. The molecule has 4 heteroatoms. The van der Waals surface area contributed by atoms with Crippen molar-refractivity contribution in [3.8, 4) is 0 Å². The van der Waals surface area contributed by atoms with Gasteiger partial charge in [0.15, 0.2) is 5.69 Å². The molecule has 116 valence electrons. The molecular formula is C18H23N3O. The molecule has 0 aliphatic carbocycles. The summed E-state index contributed by atoms with van der Waals surface area (Å²) in [5.74, 6) is 0.757. The Kier molecular flexibility index (Phi) is 4.27. The Hall–Kier alpha value is -2.10. The molecule has 0 spiro atoms. The van der Waals surface area contributed by atoms with Crippen molar-refractivity contribution in [1.29, 1.82) is 0 Å².